The van der Waals surface area contributed by atoms with E-state index in [0.29, 0.717) is 12.3 Å². The van der Waals surface area contributed by atoms with Crippen LogP contribution < -0.4 is 0 Å². The third-order valence-corrected chi connectivity index (χ3v) is 5.20. The zero-order chi connectivity index (χ0) is 15.0. The Labute approximate surface area is 125 Å². The minimum atomic E-state index is -0.0578. The molecule has 0 aromatic rings. The smallest absolute Gasteiger partial charge is 0.305 e. The average Bonchev–Trinajstić information content (AvgIpc) is 2.47. The maximum atomic E-state index is 11.4. The SMILES string of the molecule is CCCCCC1CCC(C(C)C(C)OC(=O)CC)CC1. The van der Waals surface area contributed by atoms with Crippen LogP contribution in [0.2, 0.25) is 0 Å². The molecule has 2 atom stereocenters. The maximum Gasteiger partial charge on any atom is 0.305 e. The highest BCUT2D eigenvalue weighted by atomic mass is 16.5. The van der Waals surface area contributed by atoms with Gasteiger partial charge in [0.2, 0.25) is 0 Å². The molecule has 2 nitrogen and oxygen atoms in total. The van der Waals surface area contributed by atoms with Gasteiger partial charge in [0.15, 0.2) is 0 Å². The number of ether oxygens (including phenoxy) is 1. The van der Waals surface area contributed by atoms with Crippen molar-refractivity contribution in [1.82, 2.24) is 0 Å². The largest absolute Gasteiger partial charge is 0.462 e. The fourth-order valence-corrected chi connectivity index (χ4v) is 3.47. The van der Waals surface area contributed by atoms with Crippen molar-refractivity contribution in [2.24, 2.45) is 17.8 Å². The lowest BCUT2D eigenvalue weighted by Gasteiger charge is -2.34. The minimum absolute atomic E-state index is 0.0578. The van der Waals surface area contributed by atoms with Gasteiger partial charge in [-0.3, -0.25) is 4.79 Å². The van der Waals surface area contributed by atoms with E-state index in [4.69, 9.17) is 4.74 Å². The van der Waals surface area contributed by atoms with Gasteiger partial charge in [0, 0.05) is 6.42 Å². The molecule has 0 aromatic heterocycles. The van der Waals surface area contributed by atoms with Crippen molar-refractivity contribution in [2.45, 2.75) is 91.6 Å². The van der Waals surface area contributed by atoms with E-state index in [-0.39, 0.29) is 12.1 Å². The van der Waals surface area contributed by atoms with Crippen molar-refractivity contribution in [3.8, 4) is 0 Å². The first-order valence-electron chi connectivity index (χ1n) is 8.77. The standard InChI is InChI=1S/C18H34O2/c1-5-7-8-9-16-10-12-17(13-11-16)14(3)15(4)20-18(19)6-2/h14-17H,5-13H2,1-4H3. The first-order valence-corrected chi connectivity index (χ1v) is 8.77. The molecule has 2 heteroatoms. The van der Waals surface area contributed by atoms with Crippen molar-refractivity contribution in [3.05, 3.63) is 0 Å². The van der Waals surface area contributed by atoms with Gasteiger partial charge in [-0.2, -0.15) is 0 Å². The Bertz CT molecular complexity index is 267. The molecule has 0 bridgehead atoms. The molecule has 0 saturated heterocycles. The molecule has 20 heavy (non-hydrogen) atoms. The lowest BCUT2D eigenvalue weighted by Crippen LogP contribution is -2.30. The summed E-state index contributed by atoms with van der Waals surface area (Å²) in [6, 6.07) is 0. The van der Waals surface area contributed by atoms with Crippen LogP contribution in [0.5, 0.6) is 0 Å². The molecule has 0 heterocycles. The molecule has 1 saturated carbocycles. The molecule has 118 valence electrons. The first-order chi connectivity index (χ1) is 9.58. The highest BCUT2D eigenvalue weighted by Crippen LogP contribution is 2.37. The highest BCUT2D eigenvalue weighted by Gasteiger charge is 2.29. The van der Waals surface area contributed by atoms with Gasteiger partial charge >= 0.3 is 5.97 Å². The summed E-state index contributed by atoms with van der Waals surface area (Å²) in [6.07, 6.45) is 11.5. The Balaban J connectivity index is 2.27. The second-order valence-electron chi connectivity index (χ2n) is 6.68. The Morgan fingerprint density at radius 3 is 2.30 bits per heavy atom. The number of unbranched alkanes of at least 4 members (excludes halogenated alkanes) is 2. The van der Waals surface area contributed by atoms with Gasteiger partial charge in [-0.25, -0.2) is 0 Å². The Morgan fingerprint density at radius 2 is 1.75 bits per heavy atom. The van der Waals surface area contributed by atoms with Crippen molar-refractivity contribution in [1.29, 1.82) is 0 Å². The zero-order valence-electron chi connectivity index (χ0n) is 14.0. The predicted molar refractivity (Wildman–Crippen MR) is 84.6 cm³/mol. The summed E-state index contributed by atoms with van der Waals surface area (Å²) in [6.45, 7) is 8.46. The third-order valence-electron chi connectivity index (χ3n) is 5.20. The van der Waals surface area contributed by atoms with Crippen molar-refractivity contribution >= 4 is 5.97 Å². The summed E-state index contributed by atoms with van der Waals surface area (Å²) >= 11 is 0. The number of esters is 1. The second kappa shape index (κ2) is 9.41. The summed E-state index contributed by atoms with van der Waals surface area (Å²) in [7, 11) is 0. The van der Waals surface area contributed by atoms with E-state index in [0.717, 1.165) is 11.8 Å². The molecule has 1 aliphatic rings. The molecule has 0 radical (unpaired) electrons. The Morgan fingerprint density at radius 1 is 1.10 bits per heavy atom. The number of hydrogen-bond acceptors (Lipinski definition) is 2. The van der Waals surface area contributed by atoms with Crippen LogP contribution in [0, 0.1) is 17.8 Å². The number of hydrogen-bond donors (Lipinski definition) is 0. The molecular formula is C18H34O2. The summed E-state index contributed by atoms with van der Waals surface area (Å²) < 4.78 is 5.48. The lowest BCUT2D eigenvalue weighted by molar-refractivity contribution is -0.151. The van der Waals surface area contributed by atoms with Crippen LogP contribution >= 0.6 is 0 Å². The molecule has 1 rings (SSSR count). The van der Waals surface area contributed by atoms with E-state index < -0.39 is 0 Å². The van der Waals surface area contributed by atoms with Gasteiger partial charge < -0.3 is 4.74 Å². The first kappa shape index (κ1) is 17.5. The van der Waals surface area contributed by atoms with E-state index in [9.17, 15) is 4.79 Å². The number of carbonyl (C=O) groups is 1. The van der Waals surface area contributed by atoms with Crippen LogP contribution in [0.1, 0.15) is 85.5 Å². The molecule has 0 aromatic carbocycles. The van der Waals surface area contributed by atoms with E-state index in [1.165, 1.54) is 51.4 Å². The van der Waals surface area contributed by atoms with Crippen LogP contribution in [0.4, 0.5) is 0 Å². The topological polar surface area (TPSA) is 26.3 Å². The predicted octanol–water partition coefficient (Wildman–Crippen LogP) is 5.35. The molecule has 0 amide bonds. The minimum Gasteiger partial charge on any atom is -0.462 e. The molecule has 0 aliphatic heterocycles. The van der Waals surface area contributed by atoms with E-state index in [1.54, 1.807) is 0 Å². The van der Waals surface area contributed by atoms with E-state index in [1.807, 2.05) is 6.92 Å². The summed E-state index contributed by atoms with van der Waals surface area (Å²) in [4.78, 5) is 11.4. The molecule has 2 unspecified atom stereocenters. The van der Waals surface area contributed by atoms with Crippen LogP contribution in [0.3, 0.4) is 0 Å². The molecule has 1 fully saturated rings. The van der Waals surface area contributed by atoms with Crippen LogP contribution in [0.15, 0.2) is 0 Å². The van der Waals surface area contributed by atoms with Gasteiger partial charge in [0.25, 0.3) is 0 Å². The average molecular weight is 282 g/mol. The summed E-state index contributed by atoms with van der Waals surface area (Å²) in [5.74, 6) is 2.15. The third kappa shape index (κ3) is 5.85. The van der Waals surface area contributed by atoms with Crippen LogP contribution in [-0.2, 0) is 9.53 Å². The molecule has 0 spiro atoms. The summed E-state index contributed by atoms with van der Waals surface area (Å²) in [5.41, 5.74) is 0. The van der Waals surface area contributed by atoms with Gasteiger partial charge in [-0.1, -0.05) is 59.3 Å². The highest BCUT2D eigenvalue weighted by molar-refractivity contribution is 5.69. The van der Waals surface area contributed by atoms with Crippen molar-refractivity contribution in [3.63, 3.8) is 0 Å². The summed E-state index contributed by atoms with van der Waals surface area (Å²) in [5, 5.41) is 0. The van der Waals surface area contributed by atoms with Gasteiger partial charge in [0.1, 0.15) is 6.10 Å². The normalized spacial score (nSPS) is 26.0. The van der Waals surface area contributed by atoms with Crippen molar-refractivity contribution in [2.75, 3.05) is 0 Å². The van der Waals surface area contributed by atoms with E-state index >= 15 is 0 Å². The Hall–Kier alpha value is -0.530. The second-order valence-corrected chi connectivity index (χ2v) is 6.68. The fraction of sp³-hybridized carbons (Fsp3) is 0.944. The lowest BCUT2D eigenvalue weighted by atomic mass is 9.73. The van der Waals surface area contributed by atoms with Crippen molar-refractivity contribution < 1.29 is 9.53 Å². The van der Waals surface area contributed by atoms with Crippen LogP contribution in [-0.4, -0.2) is 12.1 Å². The number of rotatable bonds is 8. The fourth-order valence-electron chi connectivity index (χ4n) is 3.47. The molecule has 0 N–H and O–H groups in total. The van der Waals surface area contributed by atoms with Gasteiger partial charge in [0.05, 0.1) is 0 Å². The Kier molecular flexibility index (Phi) is 8.25. The zero-order valence-corrected chi connectivity index (χ0v) is 14.0. The quantitative estimate of drug-likeness (QED) is 0.443. The molecule has 1 aliphatic carbocycles. The maximum absolute atomic E-state index is 11.4. The van der Waals surface area contributed by atoms with E-state index in [2.05, 4.69) is 20.8 Å². The monoisotopic (exact) mass is 282 g/mol. The van der Waals surface area contributed by atoms with Crippen LogP contribution in [0.25, 0.3) is 0 Å². The number of carbonyl (C=O) groups excluding carboxylic acids is 1. The molecular weight excluding hydrogens is 248 g/mol. The van der Waals surface area contributed by atoms with Gasteiger partial charge in [-0.15, -0.1) is 0 Å². The van der Waals surface area contributed by atoms with Gasteiger partial charge in [-0.05, 0) is 37.5 Å².